The average molecular weight is 356 g/mol. The van der Waals surface area contributed by atoms with Crippen molar-refractivity contribution < 1.29 is 18.8 Å². The summed E-state index contributed by atoms with van der Waals surface area (Å²) >= 11 is 5.95. The molecule has 2 saturated heterocycles. The van der Waals surface area contributed by atoms with Crippen molar-refractivity contribution >= 4 is 23.4 Å². The number of aromatic nitrogens is 1. The van der Waals surface area contributed by atoms with Crippen LogP contribution in [0.4, 0.5) is 0 Å². The fourth-order valence-corrected chi connectivity index (χ4v) is 4.06. The van der Waals surface area contributed by atoms with Gasteiger partial charge in [-0.15, -0.1) is 0 Å². The lowest BCUT2D eigenvalue weighted by Crippen LogP contribution is -2.49. The van der Waals surface area contributed by atoms with Crippen molar-refractivity contribution in [3.05, 3.63) is 16.5 Å². The minimum absolute atomic E-state index is 0.00373. The van der Waals surface area contributed by atoms with Crippen LogP contribution in [0.5, 0.6) is 0 Å². The lowest BCUT2D eigenvalue weighted by atomic mass is 9.73. The van der Waals surface area contributed by atoms with Crippen molar-refractivity contribution in [2.24, 2.45) is 11.3 Å². The fourth-order valence-electron chi connectivity index (χ4n) is 3.79. The Morgan fingerprint density at radius 1 is 1.50 bits per heavy atom. The first-order chi connectivity index (χ1) is 11.5. The first kappa shape index (κ1) is 17.2. The zero-order valence-electron chi connectivity index (χ0n) is 13.9. The maximum Gasteiger partial charge on any atom is 0.229 e. The summed E-state index contributed by atoms with van der Waals surface area (Å²) in [4.78, 5) is 26.8. The number of ether oxygens (including phenoxy) is 1. The van der Waals surface area contributed by atoms with Gasteiger partial charge in [-0.05, 0) is 31.4 Å². The van der Waals surface area contributed by atoms with Crippen LogP contribution in [-0.2, 0) is 20.7 Å². The molecule has 2 atom stereocenters. The molecule has 3 rings (SSSR count). The molecule has 0 unspecified atom stereocenters. The molecular formula is C16H22ClN3O4. The Hall–Kier alpha value is -1.60. The molecular weight excluding hydrogens is 334 g/mol. The predicted octanol–water partition coefficient (Wildman–Crippen LogP) is 1.18. The third-order valence-electron chi connectivity index (χ3n) is 5.26. The third kappa shape index (κ3) is 2.91. The van der Waals surface area contributed by atoms with Gasteiger partial charge in [0.25, 0.3) is 0 Å². The summed E-state index contributed by atoms with van der Waals surface area (Å²) in [5, 5.41) is 6.79. The van der Waals surface area contributed by atoms with E-state index in [0.29, 0.717) is 51.3 Å². The average Bonchev–Trinajstić information content (AvgIpc) is 3.13. The minimum atomic E-state index is -0.520. The normalized spacial score (nSPS) is 26.3. The second kappa shape index (κ2) is 6.72. The van der Waals surface area contributed by atoms with E-state index in [1.54, 1.807) is 18.9 Å². The first-order valence-electron chi connectivity index (χ1n) is 8.16. The smallest absolute Gasteiger partial charge is 0.229 e. The van der Waals surface area contributed by atoms with E-state index in [0.717, 1.165) is 5.56 Å². The number of nitrogens with zero attached hydrogens (tertiary/aromatic N) is 2. The van der Waals surface area contributed by atoms with Crippen molar-refractivity contribution in [1.82, 2.24) is 15.4 Å². The van der Waals surface area contributed by atoms with Crippen molar-refractivity contribution in [2.45, 2.75) is 26.2 Å². The quantitative estimate of drug-likeness (QED) is 0.876. The highest BCUT2D eigenvalue weighted by Crippen LogP contribution is 2.42. The molecule has 1 aromatic heterocycles. The second-order valence-corrected chi connectivity index (χ2v) is 6.89. The maximum atomic E-state index is 12.6. The molecule has 0 aliphatic carbocycles. The van der Waals surface area contributed by atoms with Gasteiger partial charge >= 0.3 is 0 Å². The Kier molecular flexibility index (Phi) is 4.83. The highest BCUT2D eigenvalue weighted by atomic mass is 35.5. The number of nitrogens with one attached hydrogen (secondary N) is 1. The molecule has 2 aliphatic rings. The molecule has 0 bridgehead atoms. The van der Waals surface area contributed by atoms with Crippen molar-refractivity contribution in [3.63, 3.8) is 0 Å². The van der Waals surface area contributed by atoms with Crippen LogP contribution in [0.2, 0.25) is 5.22 Å². The number of likely N-dealkylation sites (tertiary alicyclic amines) is 1. The lowest BCUT2D eigenvalue weighted by Gasteiger charge is -2.36. The topological polar surface area (TPSA) is 84.7 Å². The maximum absolute atomic E-state index is 12.6. The van der Waals surface area contributed by atoms with Crippen molar-refractivity contribution in [1.29, 1.82) is 0 Å². The molecule has 2 aliphatic heterocycles. The van der Waals surface area contributed by atoms with Crippen LogP contribution in [0.1, 0.15) is 24.1 Å². The van der Waals surface area contributed by atoms with Crippen LogP contribution in [0.15, 0.2) is 4.52 Å². The van der Waals surface area contributed by atoms with E-state index in [9.17, 15) is 9.59 Å². The molecule has 0 spiro atoms. The fraction of sp³-hybridized carbons (Fsp3) is 0.688. The molecule has 1 N–H and O–H groups in total. The number of hydrogen-bond donors (Lipinski definition) is 1. The summed E-state index contributed by atoms with van der Waals surface area (Å²) in [5.41, 5.74) is 0.956. The van der Waals surface area contributed by atoms with Gasteiger partial charge in [0.1, 0.15) is 0 Å². The summed E-state index contributed by atoms with van der Waals surface area (Å²) in [7, 11) is 1.64. The molecule has 132 valence electrons. The lowest BCUT2D eigenvalue weighted by molar-refractivity contribution is -0.139. The van der Waals surface area contributed by atoms with Crippen LogP contribution in [-0.4, -0.2) is 55.2 Å². The van der Waals surface area contributed by atoms with E-state index in [4.69, 9.17) is 20.9 Å². The molecule has 0 aromatic carbocycles. The molecule has 7 nitrogen and oxygen atoms in total. The van der Waals surface area contributed by atoms with Gasteiger partial charge in [-0.2, -0.15) is 0 Å². The number of amides is 2. The van der Waals surface area contributed by atoms with E-state index in [2.05, 4.69) is 10.5 Å². The number of fused-ring (bicyclic) bond motifs is 1. The van der Waals surface area contributed by atoms with E-state index in [-0.39, 0.29) is 23.0 Å². The standard InChI is InChI=1S/C16H22ClN3O4/c1-10-12(14(17)24-19-10)3-4-13(21)20-7-11-8-23-6-5-16(11,9-20)15(22)18-2/h11H,3-9H2,1-2H3,(H,18,22)/t11-,16+/m1/s1. The van der Waals surface area contributed by atoms with Crippen LogP contribution in [0.3, 0.4) is 0 Å². The molecule has 2 amide bonds. The predicted molar refractivity (Wildman–Crippen MR) is 86.6 cm³/mol. The molecule has 8 heteroatoms. The van der Waals surface area contributed by atoms with Gasteiger partial charge in [-0.25, -0.2) is 0 Å². The number of aryl methyl sites for hydroxylation is 1. The Balaban J connectivity index is 1.67. The molecule has 24 heavy (non-hydrogen) atoms. The van der Waals surface area contributed by atoms with Crippen LogP contribution in [0, 0.1) is 18.3 Å². The largest absolute Gasteiger partial charge is 0.381 e. The number of halogens is 1. The first-order valence-corrected chi connectivity index (χ1v) is 8.54. The number of hydrogen-bond acceptors (Lipinski definition) is 5. The Morgan fingerprint density at radius 3 is 2.96 bits per heavy atom. The number of rotatable bonds is 4. The molecule has 3 heterocycles. The second-order valence-electron chi connectivity index (χ2n) is 6.55. The highest BCUT2D eigenvalue weighted by molar-refractivity contribution is 6.29. The van der Waals surface area contributed by atoms with Gasteiger partial charge in [0.05, 0.1) is 17.7 Å². The van der Waals surface area contributed by atoms with E-state index < -0.39 is 5.41 Å². The summed E-state index contributed by atoms with van der Waals surface area (Å²) in [6, 6.07) is 0. The van der Waals surface area contributed by atoms with E-state index in [1.165, 1.54) is 0 Å². The summed E-state index contributed by atoms with van der Waals surface area (Å²) in [6.07, 6.45) is 1.45. The van der Waals surface area contributed by atoms with Gasteiger partial charge in [0.2, 0.25) is 17.0 Å². The van der Waals surface area contributed by atoms with Gasteiger partial charge < -0.3 is 19.5 Å². The molecule has 0 saturated carbocycles. The van der Waals surface area contributed by atoms with Crippen LogP contribution >= 0.6 is 11.6 Å². The molecule has 0 radical (unpaired) electrons. The van der Waals surface area contributed by atoms with Crippen LogP contribution < -0.4 is 5.32 Å². The Bertz CT molecular complexity index is 628. The van der Waals surface area contributed by atoms with Gasteiger partial charge in [-0.1, -0.05) is 5.16 Å². The Labute approximate surface area is 145 Å². The third-order valence-corrected chi connectivity index (χ3v) is 5.56. The molecule has 1 aromatic rings. The SMILES string of the molecule is CNC(=O)[C@]12CCOC[C@H]1CN(C(=O)CCc1c(C)noc1Cl)C2. The van der Waals surface area contributed by atoms with E-state index >= 15 is 0 Å². The summed E-state index contributed by atoms with van der Waals surface area (Å²) in [6.45, 7) is 3.89. The summed E-state index contributed by atoms with van der Waals surface area (Å²) in [5.74, 6) is 0.0736. The van der Waals surface area contributed by atoms with Crippen molar-refractivity contribution in [2.75, 3.05) is 33.4 Å². The van der Waals surface area contributed by atoms with Gasteiger partial charge in [0, 0.05) is 44.6 Å². The number of carbonyl (C=O) groups is 2. The van der Waals surface area contributed by atoms with Crippen molar-refractivity contribution in [3.8, 4) is 0 Å². The number of carbonyl (C=O) groups excluding carboxylic acids is 2. The Morgan fingerprint density at radius 2 is 2.29 bits per heavy atom. The van der Waals surface area contributed by atoms with E-state index in [1.807, 2.05) is 0 Å². The molecule has 2 fully saturated rings. The van der Waals surface area contributed by atoms with Crippen LogP contribution in [0.25, 0.3) is 0 Å². The highest BCUT2D eigenvalue weighted by Gasteiger charge is 2.54. The zero-order valence-corrected chi connectivity index (χ0v) is 14.7. The summed E-state index contributed by atoms with van der Waals surface area (Å²) < 4.78 is 10.4. The zero-order chi connectivity index (χ0) is 17.3. The monoisotopic (exact) mass is 355 g/mol. The van der Waals surface area contributed by atoms with Gasteiger partial charge in [0.15, 0.2) is 0 Å². The van der Waals surface area contributed by atoms with Gasteiger partial charge in [-0.3, -0.25) is 9.59 Å². The minimum Gasteiger partial charge on any atom is -0.381 e.